The molecular weight excluding hydrogens is 907 g/mol. The van der Waals surface area contributed by atoms with E-state index in [0.29, 0.717) is 49.5 Å². The number of likely N-dealkylation sites (N-methyl/N-ethyl adjacent to an activating group) is 1. The zero-order valence-electron chi connectivity index (χ0n) is 36.8. The van der Waals surface area contributed by atoms with Gasteiger partial charge in [-0.3, -0.25) is 14.4 Å². The molecule has 0 saturated carbocycles. The van der Waals surface area contributed by atoms with E-state index in [9.17, 15) is 19.5 Å². The van der Waals surface area contributed by atoms with Crippen LogP contribution in [0.2, 0.25) is 0 Å². The zero-order chi connectivity index (χ0) is 46.3. The number of phenolic OH excluding ortho intramolecular Hbond substituents is 1. The number of benzene rings is 4. The lowest BCUT2D eigenvalue weighted by molar-refractivity contribution is -0.124. The number of azo groups is 1. The number of fused-ring (bicyclic) bond motifs is 2. The fourth-order valence-corrected chi connectivity index (χ4v) is 7.85. The van der Waals surface area contributed by atoms with Gasteiger partial charge in [-0.25, -0.2) is 4.98 Å². The van der Waals surface area contributed by atoms with Crippen LogP contribution in [0.3, 0.4) is 0 Å². The van der Waals surface area contributed by atoms with Gasteiger partial charge in [-0.1, -0.05) is 48.5 Å². The summed E-state index contributed by atoms with van der Waals surface area (Å²) < 4.78 is 12.1. The van der Waals surface area contributed by atoms with Crippen LogP contribution in [0, 0.1) is 0 Å². The molecule has 7 rings (SSSR count). The van der Waals surface area contributed by atoms with Crippen LogP contribution in [0.15, 0.2) is 106 Å². The van der Waals surface area contributed by atoms with Crippen LogP contribution in [0.4, 0.5) is 17.3 Å². The Bertz CT molecular complexity index is 2610. The molecule has 1 aliphatic heterocycles. The van der Waals surface area contributed by atoms with E-state index in [4.69, 9.17) is 15.2 Å². The molecule has 3 amide bonds. The predicted molar refractivity (Wildman–Crippen MR) is 254 cm³/mol. The van der Waals surface area contributed by atoms with Gasteiger partial charge in [0.05, 0.1) is 35.4 Å². The van der Waals surface area contributed by atoms with Crippen molar-refractivity contribution in [3.8, 4) is 11.6 Å². The summed E-state index contributed by atoms with van der Waals surface area (Å²) in [7, 11) is 2.13. The third-order valence-corrected chi connectivity index (χ3v) is 11.7. The first-order chi connectivity index (χ1) is 32.1. The number of nitrogens with one attached hydrogen (secondary N) is 4. The summed E-state index contributed by atoms with van der Waals surface area (Å²) in [6.45, 7) is 3.76. The minimum Gasteiger partial charge on any atom is -0.507 e. The van der Waals surface area contributed by atoms with E-state index in [1.54, 1.807) is 0 Å². The molecule has 7 N–H and O–H groups in total. The second-order valence-electron chi connectivity index (χ2n) is 16.1. The first-order valence-corrected chi connectivity index (χ1v) is 22.7. The van der Waals surface area contributed by atoms with E-state index >= 15 is 0 Å². The van der Waals surface area contributed by atoms with Crippen LogP contribution >= 0.6 is 15.9 Å². The topological polar surface area (TPSA) is 234 Å². The highest BCUT2D eigenvalue weighted by atomic mass is 79.9. The number of hydrogen-bond acceptors (Lipinski definition) is 13. The number of anilines is 1. The van der Waals surface area contributed by atoms with Gasteiger partial charge in [0.25, 0.3) is 0 Å². The summed E-state index contributed by atoms with van der Waals surface area (Å²) in [5.41, 5.74) is 14.7. The fourth-order valence-electron chi connectivity index (χ4n) is 7.46. The number of H-pyrrole nitrogens is 1. The van der Waals surface area contributed by atoms with Crippen LogP contribution in [0.1, 0.15) is 65.0 Å². The lowest BCUT2D eigenvalue weighted by atomic mass is 9.88. The third-order valence-electron chi connectivity index (χ3n) is 11.1. The molecule has 17 nitrogen and oxygen atoms in total. The van der Waals surface area contributed by atoms with Crippen molar-refractivity contribution in [1.29, 1.82) is 0 Å². The average Bonchev–Trinajstić information content (AvgIpc) is 3.73. The lowest BCUT2D eigenvalue weighted by Gasteiger charge is -2.22. The van der Waals surface area contributed by atoms with E-state index < -0.39 is 0 Å². The van der Waals surface area contributed by atoms with Crippen molar-refractivity contribution >= 4 is 62.1 Å². The van der Waals surface area contributed by atoms with E-state index in [-0.39, 0.29) is 74.4 Å². The highest BCUT2D eigenvalue weighted by Gasteiger charge is 2.24. The fraction of sp³-hybridized carbons (Fsp3) is 0.333. The SMILES string of the molecule is CN1CCc2cc(Br)c(O)cc2[C@@H](c2ccc(N=Nc3ccc(CCNC(=O)CCOCCNC(=O)CCCC(=O)NCc4ccc(COc5nc(N)nc6nc[nH]c56)cc4)cc3)cc2)C1. The van der Waals surface area contributed by atoms with Gasteiger partial charge >= 0.3 is 0 Å². The molecule has 0 bridgehead atoms. The van der Waals surface area contributed by atoms with Crippen molar-refractivity contribution in [2.45, 2.75) is 57.6 Å². The number of hydrogen-bond donors (Lipinski definition) is 6. The number of phenols is 1. The maximum absolute atomic E-state index is 12.4. The van der Waals surface area contributed by atoms with Crippen LogP contribution in [-0.2, 0) is 45.1 Å². The first-order valence-electron chi connectivity index (χ1n) is 21.9. The number of nitrogens with zero attached hydrogens (tertiary/aromatic N) is 6. The van der Waals surface area contributed by atoms with E-state index in [1.807, 2.05) is 72.8 Å². The Kier molecular flexibility index (Phi) is 16.8. The number of halogens is 1. The predicted octanol–water partition coefficient (Wildman–Crippen LogP) is 6.69. The van der Waals surface area contributed by atoms with Crippen molar-refractivity contribution in [2.75, 3.05) is 52.2 Å². The molecular formula is C48H54BrN11O6. The summed E-state index contributed by atoms with van der Waals surface area (Å²) in [5.74, 6) is 0.372. The number of amides is 3. The van der Waals surface area contributed by atoms with E-state index in [2.05, 4.69) is 86.1 Å². The maximum Gasteiger partial charge on any atom is 0.245 e. The molecule has 0 radical (unpaired) electrons. The minimum atomic E-state index is -0.163. The van der Waals surface area contributed by atoms with Crippen LogP contribution < -0.4 is 26.4 Å². The number of nitrogen functional groups attached to an aromatic ring is 1. The van der Waals surface area contributed by atoms with Crippen molar-refractivity contribution in [2.24, 2.45) is 10.2 Å². The van der Waals surface area contributed by atoms with Gasteiger partial charge in [0.15, 0.2) is 5.65 Å². The summed E-state index contributed by atoms with van der Waals surface area (Å²) in [6, 6.07) is 27.4. The molecule has 0 spiro atoms. The Balaban J connectivity index is 0.700. The van der Waals surface area contributed by atoms with E-state index in [0.717, 1.165) is 63.2 Å². The number of aromatic amines is 1. The summed E-state index contributed by atoms with van der Waals surface area (Å²) in [4.78, 5) is 54.5. The van der Waals surface area contributed by atoms with Crippen LogP contribution in [0.25, 0.3) is 11.2 Å². The molecule has 1 aliphatic rings. The largest absolute Gasteiger partial charge is 0.507 e. The standard InChI is InChI=1S/C48H54BrN11O6/c1-60-22-18-35-25-40(49)41(61)26-38(35)39(28-60)34-11-15-37(16-12-34)59-58-36-13-9-31(10-14-36)17-20-51-44(64)19-23-65-24-21-52-42(62)3-2-4-43(63)53-27-32-5-7-33(8-6-32)29-66-47-45-46(55-30-54-45)56-48(50)57-47/h5-16,25-26,30,39,61H,2-4,17-24,27-29H2,1H3,(H,51,64)(H,52,62)(H,53,63)(H3,50,54,55,56,57)/t39-/m1/s1. The van der Waals surface area contributed by atoms with Crippen molar-refractivity contribution < 1.29 is 29.0 Å². The Morgan fingerprint density at radius 1 is 0.848 bits per heavy atom. The molecule has 1 atom stereocenters. The number of aromatic nitrogens is 4. The van der Waals surface area contributed by atoms with E-state index in [1.165, 1.54) is 11.9 Å². The van der Waals surface area contributed by atoms with Gasteiger partial charge in [-0.2, -0.15) is 20.2 Å². The second-order valence-corrected chi connectivity index (χ2v) is 16.9. The molecule has 0 saturated heterocycles. The molecule has 0 fully saturated rings. The minimum absolute atomic E-state index is 0.0772. The number of carbonyl (C=O) groups is 3. The maximum atomic E-state index is 12.4. The Morgan fingerprint density at radius 2 is 1.52 bits per heavy atom. The molecule has 18 heteroatoms. The first kappa shape index (κ1) is 47.2. The van der Waals surface area contributed by atoms with Gasteiger partial charge in [-0.15, -0.1) is 0 Å². The second kappa shape index (κ2) is 23.4. The molecule has 0 aliphatic carbocycles. The number of imidazole rings is 1. The number of rotatable bonds is 21. The summed E-state index contributed by atoms with van der Waals surface area (Å²) in [5, 5.41) is 27.9. The zero-order valence-corrected chi connectivity index (χ0v) is 38.4. The van der Waals surface area contributed by atoms with Gasteiger partial charge in [-0.05, 0) is 112 Å². The van der Waals surface area contributed by atoms with Crippen molar-refractivity contribution in [3.63, 3.8) is 0 Å². The Labute approximate surface area is 391 Å². The quantitative estimate of drug-likeness (QED) is 0.0329. The van der Waals surface area contributed by atoms with Crippen LogP contribution in [-0.4, -0.2) is 94.1 Å². The lowest BCUT2D eigenvalue weighted by Crippen LogP contribution is -2.29. The highest BCUT2D eigenvalue weighted by molar-refractivity contribution is 9.10. The normalized spacial score (nSPS) is 13.9. The molecule has 3 heterocycles. The molecule has 0 unspecified atom stereocenters. The smallest absolute Gasteiger partial charge is 0.245 e. The van der Waals surface area contributed by atoms with Crippen molar-refractivity contribution in [1.82, 2.24) is 40.8 Å². The number of aromatic hydroxyl groups is 1. The molecule has 344 valence electrons. The Hall–Kier alpha value is -6.76. The number of nitrogens with two attached hydrogens (primary N) is 1. The summed E-state index contributed by atoms with van der Waals surface area (Å²) >= 11 is 3.47. The molecule has 6 aromatic rings. The van der Waals surface area contributed by atoms with Crippen LogP contribution in [0.5, 0.6) is 11.6 Å². The highest BCUT2D eigenvalue weighted by Crippen LogP contribution is 2.37. The molecule has 2 aromatic heterocycles. The van der Waals surface area contributed by atoms with Crippen molar-refractivity contribution in [3.05, 3.63) is 129 Å². The molecule has 4 aromatic carbocycles. The monoisotopic (exact) mass is 959 g/mol. The third kappa shape index (κ3) is 13.9. The number of ether oxygens (including phenoxy) is 2. The number of carbonyl (C=O) groups excluding carboxylic acids is 3. The van der Waals surface area contributed by atoms with Gasteiger partial charge in [0.1, 0.15) is 17.9 Å². The average molecular weight is 961 g/mol. The van der Waals surface area contributed by atoms with Gasteiger partial charge in [0, 0.05) is 57.9 Å². The molecule has 66 heavy (non-hydrogen) atoms. The summed E-state index contributed by atoms with van der Waals surface area (Å²) in [6.07, 6.45) is 4.17. The van der Waals surface area contributed by atoms with Gasteiger partial charge < -0.3 is 46.1 Å². The van der Waals surface area contributed by atoms with Gasteiger partial charge in [0.2, 0.25) is 29.5 Å². The Morgan fingerprint density at radius 3 is 2.27 bits per heavy atom.